The maximum Gasteiger partial charge on any atom is 0.251 e. The molecule has 0 radical (unpaired) electrons. The van der Waals surface area contributed by atoms with E-state index in [2.05, 4.69) is 21.2 Å². The molecule has 2 aliphatic heterocycles. The number of piperidine rings is 1. The van der Waals surface area contributed by atoms with Gasteiger partial charge in [-0.1, -0.05) is 17.8 Å². The van der Waals surface area contributed by atoms with Gasteiger partial charge in [0, 0.05) is 57.9 Å². The molecule has 3 heterocycles. The summed E-state index contributed by atoms with van der Waals surface area (Å²) in [6, 6.07) is 12.3. The number of amides is 1. The van der Waals surface area contributed by atoms with Crippen molar-refractivity contribution in [3.05, 3.63) is 48.0 Å². The van der Waals surface area contributed by atoms with E-state index in [9.17, 15) is 13.2 Å². The number of carbonyl (C=O) groups is 1. The smallest absolute Gasteiger partial charge is 0.251 e. The molecule has 2 fully saturated rings. The monoisotopic (exact) mass is 557 g/mol. The molecule has 5 rings (SSSR count). The summed E-state index contributed by atoms with van der Waals surface area (Å²) in [7, 11) is -3.49. The number of aromatic nitrogens is 1. The predicted molar refractivity (Wildman–Crippen MR) is 151 cm³/mol. The van der Waals surface area contributed by atoms with E-state index in [0.717, 1.165) is 73.1 Å². The minimum Gasteiger partial charge on any atom is -0.494 e. The second-order valence-corrected chi connectivity index (χ2v) is 12.6. The third-order valence-electron chi connectivity index (χ3n) is 7.09. The molecule has 0 saturated carbocycles. The van der Waals surface area contributed by atoms with Crippen LogP contribution in [0.3, 0.4) is 0 Å². The number of benzene rings is 2. The summed E-state index contributed by atoms with van der Waals surface area (Å²) in [5, 5.41) is 4.00. The van der Waals surface area contributed by atoms with Gasteiger partial charge in [0.15, 0.2) is 5.13 Å². The van der Waals surface area contributed by atoms with Crippen LogP contribution in [0, 0.1) is 0 Å². The van der Waals surface area contributed by atoms with Crippen LogP contribution in [0.4, 0.5) is 5.13 Å². The van der Waals surface area contributed by atoms with Crippen LogP contribution < -0.4 is 15.0 Å². The van der Waals surface area contributed by atoms with Crippen LogP contribution in [-0.4, -0.2) is 87.5 Å². The molecule has 11 heteroatoms. The van der Waals surface area contributed by atoms with Crippen molar-refractivity contribution in [3.8, 4) is 5.75 Å². The summed E-state index contributed by atoms with van der Waals surface area (Å²) >= 11 is 1.69. The first kappa shape index (κ1) is 26.9. The fraction of sp³-hybridized carbons (Fsp3) is 0.481. The van der Waals surface area contributed by atoms with Crippen molar-refractivity contribution in [2.24, 2.45) is 0 Å². The van der Waals surface area contributed by atoms with E-state index < -0.39 is 10.0 Å². The molecule has 2 saturated heterocycles. The van der Waals surface area contributed by atoms with E-state index in [0.29, 0.717) is 31.8 Å². The number of hydrogen-bond donors (Lipinski definition) is 1. The second kappa shape index (κ2) is 12.0. The Morgan fingerprint density at radius 2 is 1.74 bits per heavy atom. The Bertz CT molecular complexity index is 1350. The first-order chi connectivity index (χ1) is 18.4. The zero-order valence-corrected chi connectivity index (χ0v) is 23.4. The van der Waals surface area contributed by atoms with Crippen LogP contribution in [0.25, 0.3) is 10.2 Å². The standard InChI is InChI=1S/C27H35N5O4S2/c1-2-36-22-8-11-24-25(20-22)37-27(29-24)31-18-16-30(17-19-31)15-12-28-26(33)21-6-9-23(10-7-21)38(34,35)32-13-4-3-5-14-32/h6-11,20H,2-5,12-19H2,1H3,(H,28,33). The third-order valence-corrected chi connectivity index (χ3v) is 10.1. The van der Waals surface area contributed by atoms with E-state index in [1.807, 2.05) is 19.1 Å². The molecule has 0 bridgehead atoms. The van der Waals surface area contributed by atoms with Gasteiger partial charge in [0.25, 0.3) is 5.91 Å². The van der Waals surface area contributed by atoms with E-state index in [1.165, 1.54) is 12.1 Å². The van der Waals surface area contributed by atoms with Gasteiger partial charge in [-0.3, -0.25) is 9.69 Å². The normalized spacial score (nSPS) is 17.6. The number of carbonyl (C=O) groups excluding carboxylic acids is 1. The fourth-order valence-electron chi connectivity index (χ4n) is 4.91. The number of hydrogen-bond acceptors (Lipinski definition) is 8. The summed E-state index contributed by atoms with van der Waals surface area (Å²) in [4.78, 5) is 22.3. The molecule has 0 spiro atoms. The van der Waals surface area contributed by atoms with Gasteiger partial charge >= 0.3 is 0 Å². The van der Waals surface area contributed by atoms with Crippen molar-refractivity contribution in [1.82, 2.24) is 19.5 Å². The Morgan fingerprint density at radius 1 is 1.00 bits per heavy atom. The van der Waals surface area contributed by atoms with Crippen LogP contribution in [0.5, 0.6) is 5.75 Å². The molecule has 0 atom stereocenters. The number of nitrogens with zero attached hydrogens (tertiary/aromatic N) is 4. The number of fused-ring (bicyclic) bond motifs is 1. The molecule has 0 unspecified atom stereocenters. The lowest BCUT2D eigenvalue weighted by Crippen LogP contribution is -2.48. The highest BCUT2D eigenvalue weighted by atomic mass is 32.2. The molecule has 2 aliphatic rings. The molecule has 3 aromatic rings. The molecule has 9 nitrogen and oxygen atoms in total. The van der Waals surface area contributed by atoms with Crippen molar-refractivity contribution < 1.29 is 17.9 Å². The summed E-state index contributed by atoms with van der Waals surface area (Å²) in [6.45, 7) is 8.64. The number of ether oxygens (including phenoxy) is 1. The van der Waals surface area contributed by atoms with Crippen molar-refractivity contribution in [2.75, 3.05) is 63.9 Å². The molecule has 1 amide bonds. The van der Waals surface area contributed by atoms with Gasteiger partial charge in [-0.25, -0.2) is 13.4 Å². The SMILES string of the molecule is CCOc1ccc2nc(N3CCN(CCNC(=O)c4ccc(S(=O)(=O)N5CCCCC5)cc4)CC3)sc2c1. The summed E-state index contributed by atoms with van der Waals surface area (Å²) in [5.74, 6) is 0.687. The van der Waals surface area contributed by atoms with E-state index in [1.54, 1.807) is 27.8 Å². The molecule has 1 N–H and O–H groups in total. The topological polar surface area (TPSA) is 95.1 Å². The average molecular weight is 558 g/mol. The number of nitrogens with one attached hydrogen (secondary N) is 1. The quantitative estimate of drug-likeness (QED) is 0.431. The van der Waals surface area contributed by atoms with Crippen LogP contribution in [0.2, 0.25) is 0 Å². The first-order valence-corrected chi connectivity index (χ1v) is 15.6. The van der Waals surface area contributed by atoms with E-state index >= 15 is 0 Å². The van der Waals surface area contributed by atoms with Crippen molar-refractivity contribution in [3.63, 3.8) is 0 Å². The minimum atomic E-state index is -3.49. The van der Waals surface area contributed by atoms with Gasteiger partial charge in [0.05, 0.1) is 21.7 Å². The van der Waals surface area contributed by atoms with Gasteiger partial charge in [-0.05, 0) is 62.2 Å². The highest BCUT2D eigenvalue weighted by Gasteiger charge is 2.26. The van der Waals surface area contributed by atoms with Crippen LogP contribution in [0.1, 0.15) is 36.5 Å². The number of rotatable bonds is 9. The third kappa shape index (κ3) is 6.12. The van der Waals surface area contributed by atoms with Crippen molar-refractivity contribution in [1.29, 1.82) is 0 Å². The average Bonchev–Trinajstić information content (AvgIpc) is 3.38. The Hall–Kier alpha value is -2.73. The predicted octanol–water partition coefficient (Wildman–Crippen LogP) is 3.42. The van der Waals surface area contributed by atoms with Gasteiger partial charge in [-0.15, -0.1) is 0 Å². The van der Waals surface area contributed by atoms with Crippen molar-refractivity contribution >= 4 is 42.6 Å². The fourth-order valence-corrected chi connectivity index (χ4v) is 7.47. The number of piperazine rings is 1. The minimum absolute atomic E-state index is 0.188. The molecular formula is C27H35N5O4S2. The Labute approximate surface area is 228 Å². The second-order valence-electron chi connectivity index (χ2n) is 9.63. The summed E-state index contributed by atoms with van der Waals surface area (Å²) < 4.78 is 33.9. The highest BCUT2D eigenvalue weighted by molar-refractivity contribution is 7.89. The number of thiazole rings is 1. The van der Waals surface area contributed by atoms with Gasteiger partial charge < -0.3 is 15.0 Å². The lowest BCUT2D eigenvalue weighted by molar-refractivity contribution is 0.0947. The molecule has 2 aromatic carbocycles. The maximum atomic E-state index is 12.8. The molecule has 38 heavy (non-hydrogen) atoms. The molecule has 0 aliphatic carbocycles. The number of anilines is 1. The Balaban J connectivity index is 1.07. The zero-order chi connectivity index (χ0) is 26.5. The lowest BCUT2D eigenvalue weighted by atomic mass is 10.2. The highest BCUT2D eigenvalue weighted by Crippen LogP contribution is 2.32. The first-order valence-electron chi connectivity index (χ1n) is 13.3. The van der Waals surface area contributed by atoms with Gasteiger partial charge in [0.1, 0.15) is 5.75 Å². The molecule has 1 aromatic heterocycles. The van der Waals surface area contributed by atoms with Crippen LogP contribution in [0.15, 0.2) is 47.4 Å². The Morgan fingerprint density at radius 3 is 2.45 bits per heavy atom. The van der Waals surface area contributed by atoms with E-state index in [-0.39, 0.29) is 10.8 Å². The molecular weight excluding hydrogens is 522 g/mol. The van der Waals surface area contributed by atoms with Crippen molar-refractivity contribution in [2.45, 2.75) is 31.1 Å². The Kier molecular flexibility index (Phi) is 8.47. The van der Waals surface area contributed by atoms with E-state index in [4.69, 9.17) is 9.72 Å². The number of sulfonamides is 1. The summed E-state index contributed by atoms with van der Waals surface area (Å²) in [6.07, 6.45) is 2.86. The lowest BCUT2D eigenvalue weighted by Gasteiger charge is -2.34. The van der Waals surface area contributed by atoms with Gasteiger partial charge in [-0.2, -0.15) is 4.31 Å². The zero-order valence-electron chi connectivity index (χ0n) is 21.8. The maximum absolute atomic E-state index is 12.8. The molecule has 204 valence electrons. The van der Waals surface area contributed by atoms with Crippen LogP contribution >= 0.6 is 11.3 Å². The largest absolute Gasteiger partial charge is 0.494 e. The summed E-state index contributed by atoms with van der Waals surface area (Å²) in [5.41, 5.74) is 1.46. The van der Waals surface area contributed by atoms with Crippen LogP contribution in [-0.2, 0) is 10.0 Å². The van der Waals surface area contributed by atoms with Gasteiger partial charge in [0.2, 0.25) is 10.0 Å².